The average Bonchev–Trinajstić information content (AvgIpc) is 2.29. The molecule has 1 aromatic rings. The minimum Gasteiger partial charge on any atom is -0.390 e. The number of aliphatic hydroxyl groups excluding tert-OH is 1. The van der Waals surface area contributed by atoms with Gasteiger partial charge in [-0.15, -0.1) is 0 Å². The molecule has 2 heteroatoms. The summed E-state index contributed by atoms with van der Waals surface area (Å²) in [7, 11) is 1.68. The highest BCUT2D eigenvalue weighted by molar-refractivity contribution is 5.14. The summed E-state index contributed by atoms with van der Waals surface area (Å²) >= 11 is 0. The van der Waals surface area contributed by atoms with Crippen molar-refractivity contribution >= 4 is 0 Å². The van der Waals surface area contributed by atoms with Crippen molar-refractivity contribution in [3.63, 3.8) is 0 Å². The molecule has 0 heterocycles. The largest absolute Gasteiger partial charge is 0.390 e. The lowest BCUT2D eigenvalue weighted by molar-refractivity contribution is -0.0736. The van der Waals surface area contributed by atoms with Gasteiger partial charge in [-0.05, 0) is 30.2 Å². The fraction of sp³-hybridized carbons (Fsp3) is 0.625. The van der Waals surface area contributed by atoms with Crippen molar-refractivity contribution in [1.29, 1.82) is 0 Å². The first-order chi connectivity index (χ1) is 8.45. The monoisotopic (exact) mass is 250 g/mol. The summed E-state index contributed by atoms with van der Waals surface area (Å²) in [5, 5.41) is 10.2. The van der Waals surface area contributed by atoms with E-state index >= 15 is 0 Å². The number of benzene rings is 1. The number of aryl methyl sites for hydroxylation is 1. The minimum atomic E-state index is -0.390. The number of methoxy groups -OCH3 is 1. The predicted octanol–water partition coefficient (Wildman–Crippen LogP) is 3.43. The van der Waals surface area contributed by atoms with Gasteiger partial charge in [0.15, 0.2) is 0 Å². The number of hydrogen-bond donors (Lipinski definition) is 1. The van der Waals surface area contributed by atoms with Gasteiger partial charge in [-0.1, -0.05) is 51.1 Å². The second-order valence-electron chi connectivity index (χ2n) is 5.97. The zero-order chi connectivity index (χ0) is 13.6. The summed E-state index contributed by atoms with van der Waals surface area (Å²) in [6, 6.07) is 10.4. The summed E-state index contributed by atoms with van der Waals surface area (Å²) in [6.07, 6.45) is 2.29. The maximum atomic E-state index is 10.2. The Hall–Kier alpha value is -0.860. The van der Waals surface area contributed by atoms with Gasteiger partial charge in [0.2, 0.25) is 0 Å². The van der Waals surface area contributed by atoms with Crippen LogP contribution in [0.3, 0.4) is 0 Å². The Morgan fingerprint density at radius 2 is 1.78 bits per heavy atom. The van der Waals surface area contributed by atoms with E-state index < -0.39 is 6.10 Å². The van der Waals surface area contributed by atoms with Crippen LogP contribution in [-0.4, -0.2) is 24.4 Å². The van der Waals surface area contributed by atoms with E-state index in [1.165, 1.54) is 5.56 Å². The van der Waals surface area contributed by atoms with E-state index in [4.69, 9.17) is 4.74 Å². The molecule has 1 aromatic carbocycles. The van der Waals surface area contributed by atoms with E-state index in [1.54, 1.807) is 7.11 Å². The van der Waals surface area contributed by atoms with Crippen molar-refractivity contribution in [3.05, 3.63) is 35.9 Å². The molecule has 0 radical (unpaired) electrons. The third kappa shape index (κ3) is 4.79. The summed E-state index contributed by atoms with van der Waals surface area (Å²) in [6.45, 7) is 6.30. The molecule has 2 unspecified atom stereocenters. The van der Waals surface area contributed by atoms with Crippen LogP contribution in [0, 0.1) is 5.41 Å². The van der Waals surface area contributed by atoms with Crippen LogP contribution in [0.4, 0.5) is 0 Å². The molecule has 2 atom stereocenters. The van der Waals surface area contributed by atoms with E-state index in [0.717, 1.165) is 19.3 Å². The molecule has 0 spiro atoms. The predicted molar refractivity (Wildman–Crippen MR) is 75.6 cm³/mol. The molecule has 0 aliphatic carbocycles. The Morgan fingerprint density at radius 1 is 1.17 bits per heavy atom. The molecule has 102 valence electrons. The van der Waals surface area contributed by atoms with Crippen LogP contribution in [0.5, 0.6) is 0 Å². The fourth-order valence-corrected chi connectivity index (χ4v) is 2.40. The maximum Gasteiger partial charge on any atom is 0.0878 e. The molecule has 0 saturated carbocycles. The van der Waals surface area contributed by atoms with Gasteiger partial charge in [-0.2, -0.15) is 0 Å². The third-order valence-corrected chi connectivity index (χ3v) is 3.27. The number of ether oxygens (including phenoxy) is 1. The number of hydrogen-bond acceptors (Lipinski definition) is 2. The second kappa shape index (κ2) is 6.91. The Kier molecular flexibility index (Phi) is 5.83. The summed E-state index contributed by atoms with van der Waals surface area (Å²) in [4.78, 5) is 0. The quantitative estimate of drug-likeness (QED) is 0.838. The van der Waals surface area contributed by atoms with Gasteiger partial charge in [-0.3, -0.25) is 0 Å². The topological polar surface area (TPSA) is 29.5 Å². The molecule has 0 amide bonds. The molecule has 0 aromatic heterocycles. The van der Waals surface area contributed by atoms with Crippen LogP contribution >= 0.6 is 0 Å². The average molecular weight is 250 g/mol. The minimum absolute atomic E-state index is 0.0269. The SMILES string of the molecule is COC(C(O)CCCc1ccccc1)C(C)(C)C. The van der Waals surface area contributed by atoms with E-state index in [1.807, 2.05) is 6.07 Å². The van der Waals surface area contributed by atoms with Crippen LogP contribution in [0.15, 0.2) is 30.3 Å². The molecule has 0 aliphatic rings. The molecule has 0 saturated heterocycles. The highest BCUT2D eigenvalue weighted by Crippen LogP contribution is 2.26. The first kappa shape index (κ1) is 15.2. The van der Waals surface area contributed by atoms with Crippen LogP contribution < -0.4 is 0 Å². The zero-order valence-electron chi connectivity index (χ0n) is 12.0. The Labute approximate surface area is 111 Å². The van der Waals surface area contributed by atoms with E-state index in [9.17, 15) is 5.11 Å². The standard InChI is InChI=1S/C16H26O2/c1-16(2,3)15(18-4)14(17)12-8-11-13-9-6-5-7-10-13/h5-7,9-10,14-15,17H,8,11-12H2,1-4H3. The maximum absolute atomic E-state index is 10.2. The lowest BCUT2D eigenvalue weighted by Crippen LogP contribution is -2.39. The van der Waals surface area contributed by atoms with Crippen molar-refractivity contribution < 1.29 is 9.84 Å². The molecular formula is C16H26O2. The number of aliphatic hydroxyl groups is 1. The fourth-order valence-electron chi connectivity index (χ4n) is 2.40. The molecule has 0 bridgehead atoms. The van der Waals surface area contributed by atoms with Crippen molar-refractivity contribution in [2.75, 3.05) is 7.11 Å². The third-order valence-electron chi connectivity index (χ3n) is 3.27. The van der Waals surface area contributed by atoms with Gasteiger partial charge in [0.05, 0.1) is 12.2 Å². The summed E-state index contributed by atoms with van der Waals surface area (Å²) < 4.78 is 5.43. The van der Waals surface area contributed by atoms with Crippen molar-refractivity contribution in [2.45, 2.75) is 52.2 Å². The Bertz CT molecular complexity index is 327. The van der Waals surface area contributed by atoms with E-state index in [-0.39, 0.29) is 11.5 Å². The van der Waals surface area contributed by atoms with Crippen molar-refractivity contribution in [3.8, 4) is 0 Å². The lowest BCUT2D eigenvalue weighted by Gasteiger charge is -2.33. The molecule has 1 N–H and O–H groups in total. The molecule has 2 nitrogen and oxygen atoms in total. The molecule has 1 rings (SSSR count). The van der Waals surface area contributed by atoms with Gasteiger partial charge in [-0.25, -0.2) is 0 Å². The normalized spacial score (nSPS) is 15.4. The highest BCUT2D eigenvalue weighted by Gasteiger charge is 2.30. The Morgan fingerprint density at radius 3 is 2.28 bits per heavy atom. The van der Waals surface area contributed by atoms with Crippen LogP contribution in [0.1, 0.15) is 39.2 Å². The Balaban J connectivity index is 2.39. The van der Waals surface area contributed by atoms with Gasteiger partial charge in [0, 0.05) is 7.11 Å². The first-order valence-electron chi connectivity index (χ1n) is 6.70. The van der Waals surface area contributed by atoms with E-state index in [2.05, 4.69) is 45.0 Å². The van der Waals surface area contributed by atoms with Gasteiger partial charge >= 0.3 is 0 Å². The first-order valence-corrected chi connectivity index (χ1v) is 6.70. The van der Waals surface area contributed by atoms with Crippen LogP contribution in [-0.2, 0) is 11.2 Å². The zero-order valence-corrected chi connectivity index (χ0v) is 12.0. The van der Waals surface area contributed by atoms with Crippen molar-refractivity contribution in [2.24, 2.45) is 5.41 Å². The second-order valence-corrected chi connectivity index (χ2v) is 5.97. The highest BCUT2D eigenvalue weighted by atomic mass is 16.5. The smallest absolute Gasteiger partial charge is 0.0878 e. The molecule has 18 heavy (non-hydrogen) atoms. The summed E-state index contributed by atoms with van der Waals surface area (Å²) in [5.41, 5.74) is 1.30. The van der Waals surface area contributed by atoms with Gasteiger partial charge in [0.1, 0.15) is 0 Å². The number of rotatable bonds is 6. The molecular weight excluding hydrogens is 224 g/mol. The van der Waals surface area contributed by atoms with Gasteiger partial charge < -0.3 is 9.84 Å². The van der Waals surface area contributed by atoms with E-state index in [0.29, 0.717) is 0 Å². The summed E-state index contributed by atoms with van der Waals surface area (Å²) in [5.74, 6) is 0. The van der Waals surface area contributed by atoms with Gasteiger partial charge in [0.25, 0.3) is 0 Å². The van der Waals surface area contributed by atoms with Crippen molar-refractivity contribution in [1.82, 2.24) is 0 Å². The molecule has 0 fully saturated rings. The molecule has 0 aliphatic heterocycles. The lowest BCUT2D eigenvalue weighted by atomic mass is 9.84. The van der Waals surface area contributed by atoms with Crippen LogP contribution in [0.2, 0.25) is 0 Å². The van der Waals surface area contributed by atoms with Crippen LogP contribution in [0.25, 0.3) is 0 Å².